The van der Waals surface area contributed by atoms with Gasteiger partial charge in [-0.05, 0) is 11.8 Å². The van der Waals surface area contributed by atoms with Crippen molar-refractivity contribution < 1.29 is 29.2 Å². The van der Waals surface area contributed by atoms with Crippen LogP contribution in [0.15, 0.2) is 10.9 Å². The molecule has 0 aromatic carbocycles. The van der Waals surface area contributed by atoms with E-state index in [-0.39, 0.29) is 12.3 Å². The van der Waals surface area contributed by atoms with Gasteiger partial charge in [-0.25, -0.2) is 9.78 Å². The second-order valence-corrected chi connectivity index (χ2v) is 8.83. The summed E-state index contributed by atoms with van der Waals surface area (Å²) in [7, 11) is 1.63. The maximum Gasteiger partial charge on any atom is 0.345 e. The van der Waals surface area contributed by atoms with E-state index < -0.39 is 34.2 Å². The molecule has 3 rings (SSSR count). The standard InChI is InChI=1S/C23H30N2O7/c1-6-13-14(31-9-7-8-30-5)10-15-18(24-13)19-16(12(11-32-15)23(2,3)4)20(26)17(22(28)29)21(27)25-19/h10,12H,6-9,11H2,1-5H3,(H,28,29)(H2,25,26,27). The van der Waals surface area contributed by atoms with E-state index in [1.807, 2.05) is 27.7 Å². The van der Waals surface area contributed by atoms with Crippen molar-refractivity contribution in [3.63, 3.8) is 0 Å². The number of nitrogens with one attached hydrogen (secondary N) is 1. The lowest BCUT2D eigenvalue weighted by atomic mass is 9.75. The van der Waals surface area contributed by atoms with Crippen LogP contribution < -0.4 is 15.0 Å². The highest BCUT2D eigenvalue weighted by molar-refractivity contribution is 5.92. The van der Waals surface area contributed by atoms with Crippen LogP contribution in [0.4, 0.5) is 0 Å². The van der Waals surface area contributed by atoms with Crippen LogP contribution in [-0.2, 0) is 11.2 Å². The van der Waals surface area contributed by atoms with E-state index in [0.717, 1.165) is 0 Å². The number of carboxylic acid groups (broad SMARTS) is 1. The van der Waals surface area contributed by atoms with Crippen LogP contribution in [0.1, 0.15) is 61.6 Å². The Bertz CT molecular complexity index is 1070. The summed E-state index contributed by atoms with van der Waals surface area (Å²) >= 11 is 0. The number of rotatable bonds is 7. The van der Waals surface area contributed by atoms with E-state index in [1.54, 1.807) is 13.2 Å². The summed E-state index contributed by atoms with van der Waals surface area (Å²) in [5, 5.41) is 20.4. The van der Waals surface area contributed by atoms with Crippen LogP contribution in [0, 0.1) is 5.41 Å². The highest BCUT2D eigenvalue weighted by atomic mass is 16.5. The molecule has 2 aromatic heterocycles. The lowest BCUT2D eigenvalue weighted by Crippen LogP contribution is -2.27. The number of aromatic hydroxyl groups is 1. The largest absolute Gasteiger partial charge is 0.506 e. The first-order chi connectivity index (χ1) is 15.1. The predicted octanol–water partition coefficient (Wildman–Crippen LogP) is 3.34. The summed E-state index contributed by atoms with van der Waals surface area (Å²) < 4.78 is 17.0. The van der Waals surface area contributed by atoms with Crippen molar-refractivity contribution in [1.29, 1.82) is 0 Å². The SMILES string of the molecule is CCc1nc2c(cc1OCCCOC)OCC(C(C)(C)C)c1c-2[nH]c(=O)c(C(=O)O)c1O. The van der Waals surface area contributed by atoms with Gasteiger partial charge in [0.1, 0.15) is 17.2 Å². The highest BCUT2D eigenvalue weighted by Gasteiger charge is 2.38. The van der Waals surface area contributed by atoms with Crippen molar-refractivity contribution in [2.45, 2.75) is 46.5 Å². The van der Waals surface area contributed by atoms with E-state index >= 15 is 0 Å². The molecule has 3 N–H and O–H groups in total. The zero-order chi connectivity index (χ0) is 23.6. The molecule has 2 aromatic rings. The third-order valence-electron chi connectivity index (χ3n) is 5.59. The Morgan fingerprint density at radius 2 is 2.06 bits per heavy atom. The number of aryl methyl sites for hydroxylation is 1. The zero-order valence-corrected chi connectivity index (χ0v) is 19.1. The second-order valence-electron chi connectivity index (χ2n) is 8.83. The third kappa shape index (κ3) is 4.43. The zero-order valence-electron chi connectivity index (χ0n) is 19.1. The van der Waals surface area contributed by atoms with Gasteiger partial charge in [0.15, 0.2) is 11.3 Å². The fourth-order valence-corrected chi connectivity index (χ4v) is 3.84. The lowest BCUT2D eigenvalue weighted by Gasteiger charge is -2.31. The Hall–Kier alpha value is -3.07. The molecule has 0 saturated carbocycles. The van der Waals surface area contributed by atoms with Gasteiger partial charge in [0.2, 0.25) is 0 Å². The van der Waals surface area contributed by atoms with E-state index in [2.05, 4.69) is 4.98 Å². The number of ether oxygens (including phenoxy) is 3. The first-order valence-electron chi connectivity index (χ1n) is 10.6. The molecule has 9 nitrogen and oxygen atoms in total. The maximum atomic E-state index is 12.6. The van der Waals surface area contributed by atoms with Gasteiger partial charge < -0.3 is 29.4 Å². The third-order valence-corrected chi connectivity index (χ3v) is 5.59. The van der Waals surface area contributed by atoms with Crippen molar-refractivity contribution in [2.24, 2.45) is 5.41 Å². The number of carbonyl (C=O) groups is 1. The van der Waals surface area contributed by atoms with Crippen LogP contribution in [0.2, 0.25) is 0 Å². The highest BCUT2D eigenvalue weighted by Crippen LogP contribution is 2.48. The molecular weight excluding hydrogens is 416 g/mol. The molecule has 1 atom stereocenters. The second kappa shape index (κ2) is 9.20. The number of nitrogens with zero attached hydrogens (tertiary/aromatic N) is 1. The van der Waals surface area contributed by atoms with E-state index in [9.17, 15) is 19.8 Å². The van der Waals surface area contributed by atoms with Gasteiger partial charge in [0.25, 0.3) is 5.56 Å². The van der Waals surface area contributed by atoms with Crippen LogP contribution in [0.5, 0.6) is 17.2 Å². The van der Waals surface area contributed by atoms with Crippen LogP contribution >= 0.6 is 0 Å². The minimum atomic E-state index is -1.49. The van der Waals surface area contributed by atoms with Gasteiger partial charge in [-0.3, -0.25) is 4.79 Å². The first-order valence-corrected chi connectivity index (χ1v) is 10.6. The first kappa shape index (κ1) is 23.6. The maximum absolute atomic E-state index is 12.6. The molecule has 1 aliphatic heterocycles. The number of fused-ring (bicyclic) bond motifs is 3. The molecule has 0 spiro atoms. The summed E-state index contributed by atoms with van der Waals surface area (Å²) in [6.45, 7) is 8.99. The quantitative estimate of drug-likeness (QED) is 0.552. The number of aromatic nitrogens is 2. The number of carboxylic acids is 1. The summed E-state index contributed by atoms with van der Waals surface area (Å²) in [4.78, 5) is 31.6. The molecule has 32 heavy (non-hydrogen) atoms. The van der Waals surface area contributed by atoms with Crippen LogP contribution in [0.25, 0.3) is 11.4 Å². The smallest absolute Gasteiger partial charge is 0.345 e. The number of methoxy groups -OCH3 is 1. The molecule has 0 saturated heterocycles. The monoisotopic (exact) mass is 446 g/mol. The topological polar surface area (TPSA) is 131 Å². The van der Waals surface area contributed by atoms with Crippen molar-refractivity contribution >= 4 is 5.97 Å². The average molecular weight is 447 g/mol. The molecule has 3 heterocycles. The number of pyridine rings is 2. The summed E-state index contributed by atoms with van der Waals surface area (Å²) in [6.07, 6.45) is 1.28. The van der Waals surface area contributed by atoms with Gasteiger partial charge >= 0.3 is 5.97 Å². The number of aromatic amines is 1. The van der Waals surface area contributed by atoms with Gasteiger partial charge in [-0.2, -0.15) is 0 Å². The van der Waals surface area contributed by atoms with Gasteiger partial charge in [-0.15, -0.1) is 0 Å². The Labute approximate surface area is 186 Å². The number of hydrogen-bond acceptors (Lipinski definition) is 7. The number of hydrogen-bond donors (Lipinski definition) is 3. The van der Waals surface area contributed by atoms with Gasteiger partial charge in [0, 0.05) is 37.7 Å². The van der Waals surface area contributed by atoms with Crippen LogP contribution in [0.3, 0.4) is 0 Å². The summed E-state index contributed by atoms with van der Waals surface area (Å²) in [5.74, 6) is -1.47. The molecule has 0 fully saturated rings. The molecule has 0 aliphatic carbocycles. The van der Waals surface area contributed by atoms with Crippen molar-refractivity contribution in [2.75, 3.05) is 26.9 Å². The Morgan fingerprint density at radius 3 is 2.66 bits per heavy atom. The number of H-pyrrole nitrogens is 1. The Balaban J connectivity index is 2.22. The lowest BCUT2D eigenvalue weighted by molar-refractivity contribution is 0.0691. The Morgan fingerprint density at radius 1 is 1.34 bits per heavy atom. The molecule has 0 bridgehead atoms. The summed E-state index contributed by atoms with van der Waals surface area (Å²) in [6, 6.07) is 1.74. The minimum absolute atomic E-state index is 0.165. The van der Waals surface area contributed by atoms with Gasteiger partial charge in [-0.1, -0.05) is 27.7 Å². The van der Waals surface area contributed by atoms with E-state index in [0.29, 0.717) is 54.5 Å². The molecule has 1 aliphatic rings. The number of aromatic carboxylic acids is 1. The molecule has 174 valence electrons. The van der Waals surface area contributed by atoms with Crippen LogP contribution in [-0.4, -0.2) is 53.1 Å². The molecule has 0 amide bonds. The molecule has 1 unspecified atom stereocenters. The fourth-order valence-electron chi connectivity index (χ4n) is 3.84. The minimum Gasteiger partial charge on any atom is -0.506 e. The predicted molar refractivity (Wildman–Crippen MR) is 118 cm³/mol. The van der Waals surface area contributed by atoms with Crippen molar-refractivity contribution in [3.8, 4) is 28.6 Å². The molecule has 9 heteroatoms. The fraction of sp³-hybridized carbons (Fsp3) is 0.522. The van der Waals surface area contributed by atoms with E-state index in [4.69, 9.17) is 19.2 Å². The summed E-state index contributed by atoms with van der Waals surface area (Å²) in [5.41, 5.74) is -0.397. The molecular formula is C23H30N2O7. The molecule has 0 radical (unpaired) electrons. The average Bonchev–Trinajstić information content (AvgIpc) is 2.87. The van der Waals surface area contributed by atoms with Crippen molar-refractivity contribution in [1.82, 2.24) is 9.97 Å². The van der Waals surface area contributed by atoms with Crippen molar-refractivity contribution in [3.05, 3.63) is 33.2 Å². The van der Waals surface area contributed by atoms with Gasteiger partial charge in [0.05, 0.1) is 24.6 Å². The Kier molecular flexibility index (Phi) is 6.78. The van der Waals surface area contributed by atoms with E-state index in [1.165, 1.54) is 0 Å². The normalized spacial score (nSPS) is 15.3.